The molecular weight excluding hydrogens is 405 g/mol. The highest BCUT2D eigenvalue weighted by Gasteiger charge is 2.51. The van der Waals surface area contributed by atoms with E-state index >= 15 is 0 Å². The van der Waals surface area contributed by atoms with Gasteiger partial charge >= 0.3 is 6.03 Å². The third kappa shape index (κ3) is 3.86. The molecular formula is C19H19Cl2N3O4. The van der Waals surface area contributed by atoms with Gasteiger partial charge in [0.2, 0.25) is 5.91 Å². The minimum atomic E-state index is -1.33. The molecule has 1 aliphatic heterocycles. The normalized spacial score (nSPS) is 19.1. The highest BCUT2D eigenvalue weighted by molar-refractivity contribution is 6.42. The number of carbonyl (C=O) groups excluding carboxylic acids is 3. The van der Waals surface area contributed by atoms with E-state index in [1.54, 1.807) is 38.1 Å². The second kappa shape index (κ2) is 7.85. The summed E-state index contributed by atoms with van der Waals surface area (Å²) in [4.78, 5) is 38.1. The van der Waals surface area contributed by atoms with Gasteiger partial charge in [0.05, 0.1) is 10.0 Å². The van der Waals surface area contributed by atoms with Crippen molar-refractivity contribution < 1.29 is 18.8 Å². The van der Waals surface area contributed by atoms with Gasteiger partial charge in [0.25, 0.3) is 5.91 Å². The van der Waals surface area contributed by atoms with Gasteiger partial charge in [-0.2, -0.15) is 0 Å². The molecule has 4 amide bonds. The Bertz CT molecular complexity index is 943. The van der Waals surface area contributed by atoms with Crippen LogP contribution in [0.25, 0.3) is 0 Å². The van der Waals surface area contributed by atoms with Crippen molar-refractivity contribution in [2.24, 2.45) is 0 Å². The SMILES string of the molecule is Cc1ccc(C2(C)NC(=O)N(CC(=O)NCCc3cccc(Cl)c3Cl)C2=O)o1. The summed E-state index contributed by atoms with van der Waals surface area (Å²) in [5.74, 6) is -0.0580. The number of hydrogen-bond acceptors (Lipinski definition) is 4. The van der Waals surface area contributed by atoms with E-state index in [9.17, 15) is 14.4 Å². The number of hydrogen-bond donors (Lipinski definition) is 2. The van der Waals surface area contributed by atoms with E-state index in [1.807, 2.05) is 6.07 Å². The quantitative estimate of drug-likeness (QED) is 0.698. The maximum Gasteiger partial charge on any atom is 0.325 e. The summed E-state index contributed by atoms with van der Waals surface area (Å²) in [5.41, 5.74) is -0.537. The summed E-state index contributed by atoms with van der Waals surface area (Å²) < 4.78 is 5.49. The van der Waals surface area contributed by atoms with Gasteiger partial charge in [0.15, 0.2) is 5.54 Å². The fourth-order valence-corrected chi connectivity index (χ4v) is 3.40. The molecule has 2 N–H and O–H groups in total. The van der Waals surface area contributed by atoms with E-state index in [4.69, 9.17) is 27.6 Å². The Morgan fingerprint density at radius 3 is 2.68 bits per heavy atom. The molecule has 1 atom stereocenters. The summed E-state index contributed by atoms with van der Waals surface area (Å²) in [6.07, 6.45) is 0.467. The molecule has 0 radical (unpaired) electrons. The fourth-order valence-electron chi connectivity index (χ4n) is 2.99. The van der Waals surface area contributed by atoms with Crippen molar-refractivity contribution >= 4 is 41.0 Å². The largest absolute Gasteiger partial charge is 0.463 e. The molecule has 3 rings (SSSR count). The minimum absolute atomic E-state index is 0.289. The van der Waals surface area contributed by atoms with Crippen LogP contribution in [0.5, 0.6) is 0 Å². The predicted octanol–water partition coefficient (Wildman–Crippen LogP) is 3.02. The molecule has 148 valence electrons. The van der Waals surface area contributed by atoms with Gasteiger partial charge in [0, 0.05) is 6.54 Å². The van der Waals surface area contributed by atoms with Crippen molar-refractivity contribution in [1.82, 2.24) is 15.5 Å². The summed E-state index contributed by atoms with van der Waals surface area (Å²) in [6.45, 7) is 3.19. The van der Waals surface area contributed by atoms with E-state index in [0.29, 0.717) is 28.0 Å². The Morgan fingerprint density at radius 1 is 1.25 bits per heavy atom. The molecule has 1 unspecified atom stereocenters. The Kier molecular flexibility index (Phi) is 5.67. The average Bonchev–Trinajstić information content (AvgIpc) is 3.17. The summed E-state index contributed by atoms with van der Waals surface area (Å²) >= 11 is 12.1. The van der Waals surface area contributed by atoms with Crippen molar-refractivity contribution in [3.63, 3.8) is 0 Å². The van der Waals surface area contributed by atoms with E-state index in [-0.39, 0.29) is 13.1 Å². The predicted molar refractivity (Wildman–Crippen MR) is 104 cm³/mol. The van der Waals surface area contributed by atoms with Crippen molar-refractivity contribution in [1.29, 1.82) is 0 Å². The Morgan fingerprint density at radius 2 is 2.00 bits per heavy atom. The zero-order chi connectivity index (χ0) is 20.5. The second-order valence-corrected chi connectivity index (χ2v) is 7.45. The molecule has 1 aromatic heterocycles. The monoisotopic (exact) mass is 423 g/mol. The Hall–Kier alpha value is -2.51. The molecule has 2 aromatic rings. The third-order valence-corrected chi connectivity index (χ3v) is 5.42. The third-order valence-electron chi connectivity index (χ3n) is 4.56. The van der Waals surface area contributed by atoms with Gasteiger partial charge in [-0.05, 0) is 44.0 Å². The summed E-state index contributed by atoms with van der Waals surface area (Å²) in [6, 6.07) is 7.96. The number of urea groups is 1. The van der Waals surface area contributed by atoms with Crippen molar-refractivity contribution in [3.05, 3.63) is 57.5 Å². The van der Waals surface area contributed by atoms with Crippen LogP contribution in [-0.4, -0.2) is 35.8 Å². The first-order chi connectivity index (χ1) is 13.2. The molecule has 9 heteroatoms. The Labute approximate surface area is 172 Å². The molecule has 2 heterocycles. The van der Waals surface area contributed by atoms with E-state index in [1.165, 1.54) is 0 Å². The lowest BCUT2D eigenvalue weighted by Crippen LogP contribution is -2.43. The summed E-state index contributed by atoms with van der Waals surface area (Å²) in [5, 5.41) is 6.16. The number of rotatable bonds is 6. The van der Waals surface area contributed by atoms with Gasteiger partial charge in [-0.25, -0.2) is 4.79 Å². The first kappa shape index (κ1) is 20.2. The van der Waals surface area contributed by atoms with Crippen LogP contribution in [0.3, 0.4) is 0 Å². The molecule has 1 aliphatic rings. The van der Waals surface area contributed by atoms with Crippen LogP contribution < -0.4 is 10.6 Å². The highest BCUT2D eigenvalue weighted by Crippen LogP contribution is 2.30. The van der Waals surface area contributed by atoms with Crippen molar-refractivity contribution in [3.8, 4) is 0 Å². The molecule has 0 bridgehead atoms. The molecule has 0 spiro atoms. The maximum atomic E-state index is 12.7. The second-order valence-electron chi connectivity index (χ2n) is 6.67. The van der Waals surface area contributed by atoms with Crippen LogP contribution >= 0.6 is 23.2 Å². The minimum Gasteiger partial charge on any atom is -0.463 e. The molecule has 7 nitrogen and oxygen atoms in total. The average molecular weight is 424 g/mol. The molecule has 0 saturated carbocycles. The number of benzene rings is 1. The van der Waals surface area contributed by atoms with E-state index in [2.05, 4.69) is 10.6 Å². The zero-order valence-electron chi connectivity index (χ0n) is 15.3. The van der Waals surface area contributed by atoms with E-state index in [0.717, 1.165) is 10.5 Å². The topological polar surface area (TPSA) is 91.7 Å². The lowest BCUT2D eigenvalue weighted by molar-refractivity contribution is -0.135. The van der Waals surface area contributed by atoms with Crippen molar-refractivity contribution in [2.45, 2.75) is 25.8 Å². The smallest absolute Gasteiger partial charge is 0.325 e. The Balaban J connectivity index is 1.59. The summed E-state index contributed by atoms with van der Waals surface area (Å²) in [7, 11) is 0. The maximum absolute atomic E-state index is 12.7. The van der Waals surface area contributed by atoms with E-state index < -0.39 is 23.4 Å². The van der Waals surface area contributed by atoms with Crippen molar-refractivity contribution in [2.75, 3.05) is 13.1 Å². The molecule has 28 heavy (non-hydrogen) atoms. The molecule has 1 saturated heterocycles. The number of nitrogens with zero attached hydrogens (tertiary/aromatic N) is 1. The lowest BCUT2D eigenvalue weighted by atomic mass is 9.99. The van der Waals surface area contributed by atoms with Gasteiger partial charge in [-0.1, -0.05) is 35.3 Å². The molecule has 1 fully saturated rings. The van der Waals surface area contributed by atoms with Crippen LogP contribution in [0, 0.1) is 6.92 Å². The number of imide groups is 1. The number of carbonyl (C=O) groups is 3. The standard InChI is InChI=1S/C19H19Cl2N3O4/c1-11-6-7-14(28-11)19(2)17(26)24(18(27)23-19)10-15(25)22-9-8-12-4-3-5-13(20)16(12)21/h3-7H,8-10H2,1-2H3,(H,22,25)(H,23,27). The zero-order valence-corrected chi connectivity index (χ0v) is 16.9. The first-order valence-corrected chi connectivity index (χ1v) is 9.38. The van der Waals surface area contributed by atoms with Crippen LogP contribution in [0.15, 0.2) is 34.7 Å². The highest BCUT2D eigenvalue weighted by atomic mass is 35.5. The number of halogens is 2. The lowest BCUT2D eigenvalue weighted by Gasteiger charge is -2.19. The molecule has 0 aliphatic carbocycles. The number of aryl methyl sites for hydroxylation is 1. The number of amides is 4. The van der Waals surface area contributed by atoms with Gasteiger partial charge in [0.1, 0.15) is 18.1 Å². The van der Waals surface area contributed by atoms with Gasteiger partial charge < -0.3 is 15.1 Å². The van der Waals surface area contributed by atoms with Gasteiger partial charge in [-0.3, -0.25) is 14.5 Å². The molecule has 1 aromatic carbocycles. The first-order valence-electron chi connectivity index (χ1n) is 8.63. The van der Waals surface area contributed by atoms with Crippen LogP contribution in [-0.2, 0) is 21.5 Å². The van der Waals surface area contributed by atoms with Gasteiger partial charge in [-0.15, -0.1) is 0 Å². The number of nitrogens with one attached hydrogen (secondary N) is 2. The van der Waals surface area contributed by atoms with Crippen LogP contribution in [0.1, 0.15) is 24.0 Å². The fraction of sp³-hybridized carbons (Fsp3) is 0.316. The van der Waals surface area contributed by atoms with Crippen LogP contribution in [0.2, 0.25) is 10.0 Å². The van der Waals surface area contributed by atoms with Crippen LogP contribution in [0.4, 0.5) is 4.79 Å². The number of furan rings is 1.